The van der Waals surface area contributed by atoms with Crippen LogP contribution in [0.2, 0.25) is 0 Å². The van der Waals surface area contributed by atoms with Gasteiger partial charge < -0.3 is 14.2 Å². The molecule has 0 aliphatic carbocycles. The number of unbranched alkanes of at least 4 members (excludes halogenated alkanes) is 41. The Hall–Kier alpha value is -2.37. The highest BCUT2D eigenvalue weighted by atomic mass is 16.6. The second-order valence-electron chi connectivity index (χ2n) is 21.3. The molecular weight excluding hydrogens is 877 g/mol. The van der Waals surface area contributed by atoms with Crippen LogP contribution in [0.5, 0.6) is 0 Å². The van der Waals surface area contributed by atoms with Gasteiger partial charge in [-0.05, 0) is 57.8 Å². The zero-order chi connectivity index (χ0) is 51.4. The first-order chi connectivity index (χ1) is 35.0. The molecule has 0 aromatic rings. The monoisotopic (exact) mass is 997 g/mol. The molecular formula is C65H120O6. The largest absolute Gasteiger partial charge is 0.462 e. The van der Waals surface area contributed by atoms with Gasteiger partial charge in [-0.15, -0.1) is 0 Å². The van der Waals surface area contributed by atoms with Gasteiger partial charge in [-0.3, -0.25) is 14.4 Å². The van der Waals surface area contributed by atoms with E-state index in [1.165, 1.54) is 225 Å². The van der Waals surface area contributed by atoms with Gasteiger partial charge in [-0.1, -0.05) is 301 Å². The molecule has 6 heteroatoms. The number of hydrogen-bond acceptors (Lipinski definition) is 6. The second-order valence-corrected chi connectivity index (χ2v) is 21.3. The molecule has 0 aromatic heterocycles. The van der Waals surface area contributed by atoms with Gasteiger partial charge in [0.25, 0.3) is 0 Å². The van der Waals surface area contributed by atoms with E-state index in [1.54, 1.807) is 0 Å². The summed E-state index contributed by atoms with van der Waals surface area (Å²) in [4.78, 5) is 38.2. The lowest BCUT2D eigenvalue weighted by Crippen LogP contribution is -2.30. The topological polar surface area (TPSA) is 78.9 Å². The number of hydrogen-bond donors (Lipinski definition) is 0. The fourth-order valence-corrected chi connectivity index (χ4v) is 9.39. The van der Waals surface area contributed by atoms with E-state index in [0.29, 0.717) is 19.3 Å². The van der Waals surface area contributed by atoms with Crippen molar-refractivity contribution in [3.05, 3.63) is 36.5 Å². The van der Waals surface area contributed by atoms with Crippen molar-refractivity contribution < 1.29 is 28.6 Å². The Labute approximate surface area is 442 Å². The summed E-state index contributed by atoms with van der Waals surface area (Å²) in [6, 6.07) is 0. The van der Waals surface area contributed by atoms with E-state index in [9.17, 15) is 14.4 Å². The lowest BCUT2D eigenvalue weighted by molar-refractivity contribution is -0.167. The standard InChI is InChI=1S/C65H120O6/c1-4-7-10-13-16-19-22-25-27-29-31-32-33-34-35-37-38-40-43-46-49-52-55-58-64(67)70-61-62(60-69-63(66)57-54-51-48-45-42-24-21-18-15-12-9-6-3)71-65(68)59-56-53-50-47-44-41-39-36-30-28-26-23-20-17-14-11-8-5-2/h22,25,29,31,33-34,62H,4-21,23-24,26-28,30,32,35-61H2,1-3H3/b25-22-,31-29-,34-33-. The Morgan fingerprint density at radius 3 is 0.789 bits per heavy atom. The van der Waals surface area contributed by atoms with Crippen molar-refractivity contribution >= 4 is 17.9 Å². The molecule has 0 saturated heterocycles. The van der Waals surface area contributed by atoms with Gasteiger partial charge in [0, 0.05) is 19.3 Å². The van der Waals surface area contributed by atoms with Crippen LogP contribution in [0.3, 0.4) is 0 Å². The fourth-order valence-electron chi connectivity index (χ4n) is 9.39. The Bertz CT molecular complexity index is 1190. The van der Waals surface area contributed by atoms with Gasteiger partial charge in [-0.2, -0.15) is 0 Å². The first kappa shape index (κ1) is 68.6. The van der Waals surface area contributed by atoms with Gasteiger partial charge in [-0.25, -0.2) is 0 Å². The molecule has 0 spiro atoms. The smallest absolute Gasteiger partial charge is 0.306 e. The van der Waals surface area contributed by atoms with Crippen LogP contribution in [-0.2, 0) is 28.6 Å². The summed E-state index contributed by atoms with van der Waals surface area (Å²) in [5.41, 5.74) is 0. The molecule has 0 radical (unpaired) electrons. The molecule has 1 unspecified atom stereocenters. The van der Waals surface area contributed by atoms with Crippen molar-refractivity contribution in [3.8, 4) is 0 Å². The van der Waals surface area contributed by atoms with Gasteiger partial charge in [0.15, 0.2) is 6.10 Å². The molecule has 1 atom stereocenters. The molecule has 0 heterocycles. The third kappa shape index (κ3) is 58.4. The average Bonchev–Trinajstić information content (AvgIpc) is 3.37. The number of carbonyl (C=O) groups is 3. The first-order valence-electron chi connectivity index (χ1n) is 31.5. The van der Waals surface area contributed by atoms with Crippen molar-refractivity contribution in [1.29, 1.82) is 0 Å². The van der Waals surface area contributed by atoms with Gasteiger partial charge >= 0.3 is 17.9 Å². The van der Waals surface area contributed by atoms with E-state index in [-0.39, 0.29) is 31.1 Å². The van der Waals surface area contributed by atoms with Gasteiger partial charge in [0.1, 0.15) is 13.2 Å². The van der Waals surface area contributed by atoms with Crippen LogP contribution in [0.1, 0.15) is 342 Å². The molecule has 0 aromatic carbocycles. The van der Waals surface area contributed by atoms with Crippen LogP contribution in [0, 0.1) is 0 Å². The summed E-state index contributed by atoms with van der Waals surface area (Å²) in [5, 5.41) is 0. The van der Waals surface area contributed by atoms with E-state index < -0.39 is 6.10 Å². The highest BCUT2D eigenvalue weighted by Crippen LogP contribution is 2.17. The van der Waals surface area contributed by atoms with E-state index in [4.69, 9.17) is 14.2 Å². The average molecular weight is 998 g/mol. The maximum Gasteiger partial charge on any atom is 0.306 e. The zero-order valence-electron chi connectivity index (χ0n) is 47.8. The number of allylic oxidation sites excluding steroid dienone is 6. The SMILES string of the molecule is CCCCCCC/C=C\C/C=C\C/C=C\CCCCCCCCCCC(=O)OCC(COC(=O)CCCCCCCCCCCCCC)OC(=O)CCCCCCCCCCCCCCCCCCCC. The third-order valence-corrected chi connectivity index (χ3v) is 14.1. The predicted octanol–water partition coefficient (Wildman–Crippen LogP) is 21.2. The second kappa shape index (κ2) is 60.2. The quantitative estimate of drug-likeness (QED) is 0.0261. The van der Waals surface area contributed by atoms with Crippen LogP contribution in [0.15, 0.2) is 36.5 Å². The molecule has 0 N–H and O–H groups in total. The van der Waals surface area contributed by atoms with Crippen LogP contribution in [-0.4, -0.2) is 37.2 Å². The van der Waals surface area contributed by atoms with E-state index >= 15 is 0 Å². The van der Waals surface area contributed by atoms with Crippen molar-refractivity contribution in [2.45, 2.75) is 348 Å². The summed E-state index contributed by atoms with van der Waals surface area (Å²) < 4.78 is 16.9. The maximum atomic E-state index is 12.9. The highest BCUT2D eigenvalue weighted by Gasteiger charge is 2.19. The summed E-state index contributed by atoms with van der Waals surface area (Å²) >= 11 is 0. The van der Waals surface area contributed by atoms with Crippen molar-refractivity contribution in [2.75, 3.05) is 13.2 Å². The fraction of sp³-hybridized carbons (Fsp3) is 0.862. The lowest BCUT2D eigenvalue weighted by atomic mass is 10.0. The molecule has 71 heavy (non-hydrogen) atoms. The van der Waals surface area contributed by atoms with E-state index in [1.807, 2.05) is 0 Å². The third-order valence-electron chi connectivity index (χ3n) is 14.1. The van der Waals surface area contributed by atoms with Gasteiger partial charge in [0.05, 0.1) is 0 Å². The molecule has 0 aliphatic heterocycles. The molecule has 0 fully saturated rings. The van der Waals surface area contributed by atoms with Crippen LogP contribution in [0.4, 0.5) is 0 Å². The summed E-state index contributed by atoms with van der Waals surface area (Å²) in [6.45, 7) is 6.68. The van der Waals surface area contributed by atoms with E-state index in [2.05, 4.69) is 57.2 Å². The zero-order valence-corrected chi connectivity index (χ0v) is 47.8. The van der Waals surface area contributed by atoms with Crippen molar-refractivity contribution in [2.24, 2.45) is 0 Å². The summed E-state index contributed by atoms with van der Waals surface area (Å²) in [7, 11) is 0. The van der Waals surface area contributed by atoms with Crippen molar-refractivity contribution in [1.82, 2.24) is 0 Å². The minimum atomic E-state index is -0.771. The first-order valence-corrected chi connectivity index (χ1v) is 31.5. The highest BCUT2D eigenvalue weighted by molar-refractivity contribution is 5.71. The molecule has 6 nitrogen and oxygen atoms in total. The Morgan fingerprint density at radius 1 is 0.282 bits per heavy atom. The maximum absolute atomic E-state index is 12.9. The van der Waals surface area contributed by atoms with Gasteiger partial charge in [0.2, 0.25) is 0 Å². The van der Waals surface area contributed by atoms with Crippen LogP contribution < -0.4 is 0 Å². The predicted molar refractivity (Wildman–Crippen MR) is 307 cm³/mol. The molecule has 0 bridgehead atoms. The number of ether oxygens (including phenoxy) is 3. The Morgan fingerprint density at radius 2 is 0.507 bits per heavy atom. The minimum absolute atomic E-state index is 0.0691. The number of carbonyl (C=O) groups excluding carboxylic acids is 3. The summed E-state index contributed by atoms with van der Waals surface area (Å²) in [6.07, 6.45) is 72.9. The van der Waals surface area contributed by atoms with Crippen molar-refractivity contribution in [3.63, 3.8) is 0 Å². The van der Waals surface area contributed by atoms with Crippen LogP contribution >= 0.6 is 0 Å². The Balaban J connectivity index is 4.28. The minimum Gasteiger partial charge on any atom is -0.462 e. The summed E-state index contributed by atoms with van der Waals surface area (Å²) in [5.74, 6) is -0.854. The molecule has 0 aliphatic rings. The molecule has 0 rings (SSSR count). The number of esters is 3. The lowest BCUT2D eigenvalue weighted by Gasteiger charge is -2.18. The Kier molecular flexibility index (Phi) is 58.2. The number of rotatable bonds is 58. The van der Waals surface area contributed by atoms with E-state index in [0.717, 1.165) is 77.0 Å². The van der Waals surface area contributed by atoms with Crippen LogP contribution in [0.25, 0.3) is 0 Å². The molecule has 0 amide bonds. The molecule has 0 saturated carbocycles. The normalized spacial score (nSPS) is 12.2. The molecule has 416 valence electrons.